The van der Waals surface area contributed by atoms with Crippen LogP contribution in [0.4, 0.5) is 11.4 Å². The summed E-state index contributed by atoms with van der Waals surface area (Å²) in [6, 6.07) is 15.8. The Balaban J connectivity index is 1.39. The predicted octanol–water partition coefficient (Wildman–Crippen LogP) is 2.88. The summed E-state index contributed by atoms with van der Waals surface area (Å²) in [7, 11) is 0. The van der Waals surface area contributed by atoms with Gasteiger partial charge in [0.15, 0.2) is 0 Å². The molecule has 0 radical (unpaired) electrons. The molecule has 4 rings (SSSR count). The van der Waals surface area contributed by atoms with Crippen LogP contribution in [-0.2, 0) is 9.59 Å². The molecule has 3 N–H and O–H groups in total. The van der Waals surface area contributed by atoms with Crippen LogP contribution in [0.5, 0.6) is 11.6 Å². The molecule has 0 spiro atoms. The fourth-order valence-electron chi connectivity index (χ4n) is 3.18. The van der Waals surface area contributed by atoms with Crippen molar-refractivity contribution in [2.75, 3.05) is 10.2 Å². The highest BCUT2D eigenvalue weighted by Gasteiger charge is 2.30. The second kappa shape index (κ2) is 8.68. The number of nitrogens with two attached hydrogens (primary N) is 1. The maximum absolute atomic E-state index is 12.5. The van der Waals surface area contributed by atoms with Crippen molar-refractivity contribution in [3.05, 3.63) is 78.0 Å². The molecule has 0 atom stereocenters. The van der Waals surface area contributed by atoms with Crippen LogP contribution in [0.25, 0.3) is 0 Å². The van der Waals surface area contributed by atoms with E-state index in [2.05, 4.69) is 10.3 Å². The van der Waals surface area contributed by atoms with Crippen molar-refractivity contribution in [3.8, 4) is 11.6 Å². The quantitative estimate of drug-likeness (QED) is 0.578. The summed E-state index contributed by atoms with van der Waals surface area (Å²) in [6.45, 7) is 0. The fourth-order valence-corrected chi connectivity index (χ4v) is 3.18. The molecule has 0 bridgehead atoms. The lowest BCUT2D eigenvalue weighted by molar-refractivity contribution is -0.121. The Labute approximate surface area is 182 Å². The predicted molar refractivity (Wildman–Crippen MR) is 115 cm³/mol. The minimum Gasteiger partial charge on any atom is -0.439 e. The van der Waals surface area contributed by atoms with Crippen LogP contribution in [0.3, 0.4) is 0 Å². The van der Waals surface area contributed by atoms with Crippen LogP contribution in [0.15, 0.2) is 66.9 Å². The number of aromatic nitrogens is 1. The van der Waals surface area contributed by atoms with Crippen molar-refractivity contribution in [1.82, 2.24) is 4.98 Å². The van der Waals surface area contributed by atoms with E-state index >= 15 is 0 Å². The van der Waals surface area contributed by atoms with E-state index in [0.717, 1.165) is 4.90 Å². The van der Waals surface area contributed by atoms with Crippen molar-refractivity contribution in [2.45, 2.75) is 12.8 Å². The van der Waals surface area contributed by atoms with Gasteiger partial charge in [0.1, 0.15) is 5.75 Å². The van der Waals surface area contributed by atoms with Gasteiger partial charge in [0.2, 0.25) is 23.6 Å². The monoisotopic (exact) mass is 430 g/mol. The number of primary amides is 1. The van der Waals surface area contributed by atoms with Gasteiger partial charge in [0.25, 0.3) is 5.91 Å². The highest BCUT2D eigenvalue weighted by molar-refractivity contribution is 6.20. The van der Waals surface area contributed by atoms with E-state index in [9.17, 15) is 19.2 Å². The van der Waals surface area contributed by atoms with E-state index in [-0.39, 0.29) is 36.4 Å². The molecule has 2 heterocycles. The molecule has 160 valence electrons. The van der Waals surface area contributed by atoms with Crippen molar-refractivity contribution in [3.63, 3.8) is 0 Å². The molecule has 2 aromatic carbocycles. The second-order valence-corrected chi connectivity index (χ2v) is 7.00. The van der Waals surface area contributed by atoms with Crippen molar-refractivity contribution < 1.29 is 23.9 Å². The summed E-state index contributed by atoms with van der Waals surface area (Å²) in [5.41, 5.74) is 6.82. The Morgan fingerprint density at radius 2 is 1.66 bits per heavy atom. The van der Waals surface area contributed by atoms with E-state index in [4.69, 9.17) is 10.5 Å². The van der Waals surface area contributed by atoms with Crippen LogP contribution in [0.1, 0.15) is 33.6 Å². The van der Waals surface area contributed by atoms with Gasteiger partial charge in [-0.3, -0.25) is 24.1 Å². The number of nitrogens with one attached hydrogen (secondary N) is 1. The van der Waals surface area contributed by atoms with Gasteiger partial charge in [-0.15, -0.1) is 0 Å². The smallest absolute Gasteiger partial charge is 0.255 e. The minimum atomic E-state index is -0.562. The zero-order chi connectivity index (χ0) is 22.7. The Bertz CT molecular complexity index is 1190. The number of anilines is 2. The van der Waals surface area contributed by atoms with Gasteiger partial charge in [0.05, 0.1) is 17.6 Å². The number of carbonyl (C=O) groups is 4. The minimum absolute atomic E-state index is 0.199. The molecule has 1 fully saturated rings. The third-order valence-electron chi connectivity index (χ3n) is 4.77. The van der Waals surface area contributed by atoms with Gasteiger partial charge in [-0.1, -0.05) is 6.07 Å². The highest BCUT2D eigenvalue weighted by atomic mass is 16.5. The number of rotatable bonds is 6. The Kier molecular flexibility index (Phi) is 5.63. The van der Waals surface area contributed by atoms with Crippen LogP contribution in [-0.4, -0.2) is 28.6 Å². The summed E-state index contributed by atoms with van der Waals surface area (Å²) >= 11 is 0. The summed E-state index contributed by atoms with van der Waals surface area (Å²) < 4.78 is 5.60. The fraction of sp³-hybridized carbons (Fsp3) is 0.0870. The number of amides is 4. The Morgan fingerprint density at radius 1 is 0.938 bits per heavy atom. The van der Waals surface area contributed by atoms with Gasteiger partial charge in [-0.25, -0.2) is 4.98 Å². The molecule has 9 heteroatoms. The average molecular weight is 430 g/mol. The first-order chi connectivity index (χ1) is 15.4. The number of nitrogens with zero attached hydrogens (tertiary/aromatic N) is 2. The molecule has 3 aromatic rings. The SMILES string of the molecule is NC(=O)c1cccc(Oc2ccc(NC(=O)c3ccc(N4C(=O)CCC4=O)cc3)cn2)c1. The lowest BCUT2D eigenvalue weighted by Gasteiger charge is -2.14. The van der Waals surface area contributed by atoms with Crippen LogP contribution in [0.2, 0.25) is 0 Å². The molecule has 0 aliphatic carbocycles. The number of ether oxygens (including phenoxy) is 1. The van der Waals surface area contributed by atoms with E-state index in [1.165, 1.54) is 12.3 Å². The largest absolute Gasteiger partial charge is 0.439 e. The van der Waals surface area contributed by atoms with E-state index in [1.54, 1.807) is 54.6 Å². The lowest BCUT2D eigenvalue weighted by Crippen LogP contribution is -2.28. The standard InChI is InChI=1S/C23H18N4O5/c24-22(30)15-2-1-3-18(12-15)32-19-9-6-16(13-25-19)26-23(31)14-4-7-17(8-5-14)27-20(28)10-11-21(27)29/h1-9,12-13H,10-11H2,(H2,24,30)(H,26,31). The maximum Gasteiger partial charge on any atom is 0.255 e. The van der Waals surface area contributed by atoms with Gasteiger partial charge in [-0.2, -0.15) is 0 Å². The van der Waals surface area contributed by atoms with Gasteiger partial charge in [0, 0.05) is 30.0 Å². The molecular formula is C23H18N4O5. The van der Waals surface area contributed by atoms with Crippen molar-refractivity contribution >= 4 is 35.0 Å². The van der Waals surface area contributed by atoms with Crippen molar-refractivity contribution in [1.29, 1.82) is 0 Å². The first-order valence-corrected chi connectivity index (χ1v) is 9.72. The summed E-state index contributed by atoms with van der Waals surface area (Å²) in [5.74, 6) is -0.758. The maximum atomic E-state index is 12.5. The number of imide groups is 1. The number of pyridine rings is 1. The summed E-state index contributed by atoms with van der Waals surface area (Å²) in [6.07, 6.45) is 1.83. The van der Waals surface area contributed by atoms with Crippen LogP contribution in [0, 0.1) is 0 Å². The first kappa shape index (κ1) is 20.7. The molecule has 32 heavy (non-hydrogen) atoms. The molecule has 4 amide bonds. The van der Waals surface area contributed by atoms with E-state index in [1.807, 2.05) is 0 Å². The number of hydrogen-bond donors (Lipinski definition) is 2. The van der Waals surface area contributed by atoms with Crippen LogP contribution < -0.4 is 20.7 Å². The Hall–Kier alpha value is -4.53. The van der Waals surface area contributed by atoms with Gasteiger partial charge in [-0.05, 0) is 48.5 Å². The lowest BCUT2D eigenvalue weighted by atomic mass is 10.2. The molecule has 0 unspecified atom stereocenters. The second-order valence-electron chi connectivity index (χ2n) is 7.00. The van der Waals surface area contributed by atoms with Gasteiger partial charge < -0.3 is 15.8 Å². The number of hydrogen-bond acceptors (Lipinski definition) is 6. The molecule has 1 aromatic heterocycles. The Morgan fingerprint density at radius 3 is 2.28 bits per heavy atom. The normalized spacial score (nSPS) is 13.2. The zero-order valence-corrected chi connectivity index (χ0v) is 16.8. The molecule has 9 nitrogen and oxygen atoms in total. The molecule has 1 aliphatic rings. The third kappa shape index (κ3) is 4.46. The number of benzene rings is 2. The first-order valence-electron chi connectivity index (χ1n) is 9.72. The van der Waals surface area contributed by atoms with Gasteiger partial charge >= 0.3 is 0 Å². The molecular weight excluding hydrogens is 412 g/mol. The highest BCUT2D eigenvalue weighted by Crippen LogP contribution is 2.24. The van der Waals surface area contributed by atoms with E-state index in [0.29, 0.717) is 28.3 Å². The number of carbonyl (C=O) groups excluding carboxylic acids is 4. The van der Waals surface area contributed by atoms with E-state index < -0.39 is 5.91 Å². The zero-order valence-electron chi connectivity index (χ0n) is 16.8. The topological polar surface area (TPSA) is 132 Å². The summed E-state index contributed by atoms with van der Waals surface area (Å²) in [5, 5.41) is 2.71. The third-order valence-corrected chi connectivity index (χ3v) is 4.77. The summed E-state index contributed by atoms with van der Waals surface area (Å²) in [4.78, 5) is 52.7. The molecule has 1 saturated heterocycles. The average Bonchev–Trinajstić information content (AvgIpc) is 3.13. The molecule has 0 saturated carbocycles. The molecule has 1 aliphatic heterocycles. The van der Waals surface area contributed by atoms with Crippen LogP contribution >= 0.6 is 0 Å². The van der Waals surface area contributed by atoms with Crippen molar-refractivity contribution in [2.24, 2.45) is 5.73 Å².